The fourth-order valence-corrected chi connectivity index (χ4v) is 1.66. The van der Waals surface area contributed by atoms with Crippen LogP contribution in [0.3, 0.4) is 0 Å². The first-order chi connectivity index (χ1) is 9.24. The first-order valence-electron chi connectivity index (χ1n) is 5.69. The van der Waals surface area contributed by atoms with Crippen molar-refractivity contribution >= 4 is 0 Å². The van der Waals surface area contributed by atoms with Gasteiger partial charge in [-0.2, -0.15) is 5.26 Å². The summed E-state index contributed by atoms with van der Waals surface area (Å²) in [6.45, 7) is 0.194. The van der Waals surface area contributed by atoms with Crippen molar-refractivity contribution in [3.8, 4) is 17.6 Å². The molecule has 0 atom stereocenters. The Hall–Kier alpha value is -2.54. The first-order valence-corrected chi connectivity index (χ1v) is 5.69. The number of para-hydroxylation sites is 1. The Bertz CT molecular complexity index is 620. The second-order valence-electron chi connectivity index (χ2n) is 3.87. The monoisotopic (exact) mass is 257 g/mol. The van der Waals surface area contributed by atoms with E-state index in [1.165, 1.54) is 13.2 Å². The quantitative estimate of drug-likeness (QED) is 0.844. The topological polar surface area (TPSA) is 42.2 Å². The van der Waals surface area contributed by atoms with E-state index in [9.17, 15) is 4.39 Å². The zero-order valence-electron chi connectivity index (χ0n) is 10.4. The predicted octanol–water partition coefficient (Wildman–Crippen LogP) is 3.28. The molecule has 2 aromatic carbocycles. The lowest BCUT2D eigenvalue weighted by Crippen LogP contribution is -1.98. The third-order valence-electron chi connectivity index (χ3n) is 2.62. The van der Waals surface area contributed by atoms with Gasteiger partial charge >= 0.3 is 0 Å². The zero-order valence-corrected chi connectivity index (χ0v) is 10.4. The minimum Gasteiger partial charge on any atom is -0.495 e. The van der Waals surface area contributed by atoms with Gasteiger partial charge in [-0.15, -0.1) is 0 Å². The Labute approximate surface area is 110 Å². The third-order valence-corrected chi connectivity index (χ3v) is 2.62. The maximum absolute atomic E-state index is 13.4. The maximum Gasteiger partial charge on any atom is 0.165 e. The molecule has 4 heteroatoms. The van der Waals surface area contributed by atoms with Gasteiger partial charge in [0.05, 0.1) is 12.7 Å². The SMILES string of the molecule is COc1ccc(COc2ccccc2F)cc1C#N. The lowest BCUT2D eigenvalue weighted by Gasteiger charge is -2.08. The van der Waals surface area contributed by atoms with Gasteiger partial charge in [0.1, 0.15) is 18.4 Å². The molecule has 0 aliphatic rings. The molecule has 0 saturated carbocycles. The molecule has 0 N–H and O–H groups in total. The highest BCUT2D eigenvalue weighted by Gasteiger charge is 2.06. The lowest BCUT2D eigenvalue weighted by molar-refractivity contribution is 0.290. The molecule has 0 aromatic heterocycles. The number of methoxy groups -OCH3 is 1. The average molecular weight is 257 g/mol. The van der Waals surface area contributed by atoms with Crippen LogP contribution in [0.25, 0.3) is 0 Å². The van der Waals surface area contributed by atoms with Crippen LogP contribution < -0.4 is 9.47 Å². The fraction of sp³-hybridized carbons (Fsp3) is 0.133. The Morgan fingerprint density at radius 3 is 2.63 bits per heavy atom. The molecule has 0 aliphatic carbocycles. The van der Waals surface area contributed by atoms with Gasteiger partial charge in [0.15, 0.2) is 11.6 Å². The number of hydrogen-bond donors (Lipinski definition) is 0. The molecule has 0 radical (unpaired) electrons. The highest BCUT2D eigenvalue weighted by atomic mass is 19.1. The van der Waals surface area contributed by atoms with Crippen LogP contribution >= 0.6 is 0 Å². The van der Waals surface area contributed by atoms with E-state index in [0.717, 1.165) is 5.56 Å². The number of halogens is 1. The smallest absolute Gasteiger partial charge is 0.165 e. The van der Waals surface area contributed by atoms with Crippen molar-refractivity contribution in [2.24, 2.45) is 0 Å². The molecule has 19 heavy (non-hydrogen) atoms. The van der Waals surface area contributed by atoms with E-state index in [4.69, 9.17) is 14.7 Å². The first kappa shape index (κ1) is 12.9. The highest BCUT2D eigenvalue weighted by Crippen LogP contribution is 2.21. The minimum absolute atomic E-state index is 0.192. The Morgan fingerprint density at radius 2 is 1.95 bits per heavy atom. The van der Waals surface area contributed by atoms with Crippen molar-refractivity contribution in [3.63, 3.8) is 0 Å². The molecular formula is C15H12FNO2. The van der Waals surface area contributed by atoms with Crippen LogP contribution in [0, 0.1) is 17.1 Å². The molecular weight excluding hydrogens is 245 g/mol. The normalized spacial score (nSPS) is 9.74. The molecule has 3 nitrogen and oxygen atoms in total. The second kappa shape index (κ2) is 5.87. The number of benzene rings is 2. The number of nitriles is 1. The zero-order chi connectivity index (χ0) is 13.7. The van der Waals surface area contributed by atoms with Crippen LogP contribution in [-0.4, -0.2) is 7.11 Å². The number of hydrogen-bond acceptors (Lipinski definition) is 3. The summed E-state index contributed by atoms with van der Waals surface area (Å²) in [6.07, 6.45) is 0. The van der Waals surface area contributed by atoms with Gasteiger partial charge in [-0.05, 0) is 29.8 Å². The van der Waals surface area contributed by atoms with E-state index >= 15 is 0 Å². The maximum atomic E-state index is 13.4. The molecule has 0 saturated heterocycles. The highest BCUT2D eigenvalue weighted by molar-refractivity contribution is 5.45. The molecule has 0 amide bonds. The van der Waals surface area contributed by atoms with E-state index in [2.05, 4.69) is 0 Å². The van der Waals surface area contributed by atoms with Crippen molar-refractivity contribution in [1.82, 2.24) is 0 Å². The molecule has 96 valence electrons. The van der Waals surface area contributed by atoms with E-state index < -0.39 is 5.82 Å². The van der Waals surface area contributed by atoms with E-state index in [1.807, 2.05) is 6.07 Å². The Kier molecular flexibility index (Phi) is 3.99. The third kappa shape index (κ3) is 3.02. The lowest BCUT2D eigenvalue weighted by atomic mass is 10.1. The predicted molar refractivity (Wildman–Crippen MR) is 68.4 cm³/mol. The van der Waals surface area contributed by atoms with Gasteiger partial charge in [-0.1, -0.05) is 18.2 Å². The van der Waals surface area contributed by atoms with Crippen molar-refractivity contribution in [3.05, 3.63) is 59.4 Å². The number of nitrogens with zero attached hydrogens (tertiary/aromatic N) is 1. The van der Waals surface area contributed by atoms with Gasteiger partial charge in [0.25, 0.3) is 0 Å². The summed E-state index contributed by atoms with van der Waals surface area (Å²) in [5.41, 5.74) is 1.21. The molecule has 0 heterocycles. The number of ether oxygens (including phenoxy) is 2. The summed E-state index contributed by atoms with van der Waals surface area (Å²) < 4.78 is 23.8. The van der Waals surface area contributed by atoms with Crippen molar-refractivity contribution < 1.29 is 13.9 Å². The van der Waals surface area contributed by atoms with Crippen LogP contribution in [0.5, 0.6) is 11.5 Å². The summed E-state index contributed by atoms with van der Waals surface area (Å²) in [5.74, 6) is 0.297. The standard InChI is InChI=1S/C15H12FNO2/c1-18-14-7-6-11(8-12(14)9-17)10-19-15-5-3-2-4-13(15)16/h2-8H,10H2,1H3. The molecule has 0 fully saturated rings. The summed E-state index contributed by atoms with van der Waals surface area (Å²) >= 11 is 0. The van der Waals surface area contributed by atoms with Crippen LogP contribution in [0.2, 0.25) is 0 Å². The Morgan fingerprint density at radius 1 is 1.16 bits per heavy atom. The Balaban J connectivity index is 2.13. The van der Waals surface area contributed by atoms with Gasteiger partial charge in [-0.25, -0.2) is 4.39 Å². The van der Waals surface area contributed by atoms with Crippen LogP contribution in [-0.2, 0) is 6.61 Å². The van der Waals surface area contributed by atoms with Crippen LogP contribution in [0.1, 0.15) is 11.1 Å². The van der Waals surface area contributed by atoms with Gasteiger partial charge in [0, 0.05) is 0 Å². The molecule has 0 spiro atoms. The van der Waals surface area contributed by atoms with E-state index in [-0.39, 0.29) is 12.4 Å². The van der Waals surface area contributed by atoms with Gasteiger partial charge in [-0.3, -0.25) is 0 Å². The molecule has 2 rings (SSSR count). The summed E-state index contributed by atoms with van der Waals surface area (Å²) in [6, 6.07) is 13.4. The largest absolute Gasteiger partial charge is 0.495 e. The second-order valence-corrected chi connectivity index (χ2v) is 3.87. The molecule has 0 unspecified atom stereocenters. The fourth-order valence-electron chi connectivity index (χ4n) is 1.66. The molecule has 0 bridgehead atoms. The summed E-state index contributed by atoms with van der Waals surface area (Å²) in [5, 5.41) is 8.97. The van der Waals surface area contributed by atoms with Crippen LogP contribution in [0.4, 0.5) is 4.39 Å². The van der Waals surface area contributed by atoms with Crippen molar-refractivity contribution in [2.75, 3.05) is 7.11 Å². The summed E-state index contributed by atoms with van der Waals surface area (Å²) in [7, 11) is 1.51. The van der Waals surface area contributed by atoms with E-state index in [0.29, 0.717) is 11.3 Å². The van der Waals surface area contributed by atoms with Crippen LogP contribution in [0.15, 0.2) is 42.5 Å². The number of rotatable bonds is 4. The summed E-state index contributed by atoms with van der Waals surface area (Å²) in [4.78, 5) is 0. The van der Waals surface area contributed by atoms with Crippen molar-refractivity contribution in [2.45, 2.75) is 6.61 Å². The van der Waals surface area contributed by atoms with Gasteiger partial charge < -0.3 is 9.47 Å². The molecule has 0 aliphatic heterocycles. The van der Waals surface area contributed by atoms with Gasteiger partial charge in [0.2, 0.25) is 0 Å². The molecule has 2 aromatic rings. The van der Waals surface area contributed by atoms with E-state index in [1.54, 1.807) is 36.4 Å². The average Bonchev–Trinajstić information content (AvgIpc) is 2.46. The van der Waals surface area contributed by atoms with Crippen molar-refractivity contribution in [1.29, 1.82) is 5.26 Å². The minimum atomic E-state index is -0.406.